The van der Waals surface area contributed by atoms with Gasteiger partial charge in [0.1, 0.15) is 0 Å². The Kier molecular flexibility index (Phi) is 4.52. The fourth-order valence-electron chi connectivity index (χ4n) is 2.17. The van der Waals surface area contributed by atoms with E-state index in [0.29, 0.717) is 11.8 Å². The number of para-hydroxylation sites is 1. The fourth-order valence-corrected chi connectivity index (χ4v) is 2.64. The number of aromatic nitrogens is 3. The molecule has 0 bridgehead atoms. The molecule has 5 nitrogen and oxygen atoms in total. The van der Waals surface area contributed by atoms with Gasteiger partial charge in [-0.3, -0.25) is 0 Å². The van der Waals surface area contributed by atoms with Gasteiger partial charge >= 0.3 is 0 Å². The minimum absolute atomic E-state index is 0.538. The molecule has 0 amide bonds. The molecule has 3 rings (SSSR count). The van der Waals surface area contributed by atoms with Crippen LogP contribution in [0, 0.1) is 6.92 Å². The van der Waals surface area contributed by atoms with Crippen LogP contribution >= 0.6 is 15.9 Å². The number of anilines is 4. The summed E-state index contributed by atoms with van der Waals surface area (Å²) in [6.45, 7) is 2.04. The first kappa shape index (κ1) is 15.4. The summed E-state index contributed by atoms with van der Waals surface area (Å²) >= 11 is 3.47. The van der Waals surface area contributed by atoms with Crippen molar-refractivity contribution in [3.63, 3.8) is 0 Å². The molecule has 0 unspecified atom stereocenters. The van der Waals surface area contributed by atoms with Crippen LogP contribution in [0.25, 0.3) is 0 Å². The lowest BCUT2D eigenvalue weighted by molar-refractivity contribution is 0.932. The van der Waals surface area contributed by atoms with Crippen LogP contribution in [0.2, 0.25) is 0 Å². The van der Waals surface area contributed by atoms with E-state index in [1.807, 2.05) is 67.4 Å². The lowest BCUT2D eigenvalue weighted by Gasteiger charge is -2.17. The number of aryl methyl sites for hydroxylation is 1. The second kappa shape index (κ2) is 6.75. The highest BCUT2D eigenvalue weighted by molar-refractivity contribution is 9.10. The number of hydrogen-bond donors (Lipinski definition) is 1. The minimum atomic E-state index is 0.538. The van der Waals surface area contributed by atoms with E-state index >= 15 is 0 Å². The number of rotatable bonds is 4. The molecule has 1 heterocycles. The Morgan fingerprint density at radius 2 is 1.87 bits per heavy atom. The molecule has 0 radical (unpaired) electrons. The summed E-state index contributed by atoms with van der Waals surface area (Å²) in [7, 11) is 1.92. The minimum Gasteiger partial charge on any atom is -0.339 e. The Morgan fingerprint density at radius 1 is 1.09 bits per heavy atom. The van der Waals surface area contributed by atoms with Crippen molar-refractivity contribution in [3.8, 4) is 0 Å². The first-order valence-electron chi connectivity index (χ1n) is 7.15. The molecule has 0 spiro atoms. The molecule has 1 N–H and O–H groups in total. The molecular weight excluding hydrogens is 354 g/mol. The molecule has 0 aliphatic heterocycles. The van der Waals surface area contributed by atoms with Gasteiger partial charge in [-0.15, -0.1) is 5.10 Å². The van der Waals surface area contributed by atoms with Crippen molar-refractivity contribution in [3.05, 3.63) is 64.8 Å². The standard InChI is InChI=1S/C17H16BrN5/c1-12-10-13(18)8-9-15(12)20-16-11-19-22-17(21-16)23(2)14-6-4-3-5-7-14/h3-11H,1-2H3,(H,20,21,22). The molecule has 2 aromatic carbocycles. The van der Waals surface area contributed by atoms with Crippen LogP contribution in [0.5, 0.6) is 0 Å². The Hall–Kier alpha value is -2.47. The van der Waals surface area contributed by atoms with Gasteiger partial charge in [0.15, 0.2) is 5.82 Å². The van der Waals surface area contributed by atoms with E-state index < -0.39 is 0 Å². The Balaban J connectivity index is 1.85. The maximum atomic E-state index is 4.54. The van der Waals surface area contributed by atoms with E-state index in [4.69, 9.17) is 0 Å². The molecule has 116 valence electrons. The first-order valence-corrected chi connectivity index (χ1v) is 7.94. The van der Waals surface area contributed by atoms with Crippen molar-refractivity contribution in [1.29, 1.82) is 0 Å². The van der Waals surface area contributed by atoms with Gasteiger partial charge in [0, 0.05) is 22.9 Å². The molecule has 0 aliphatic rings. The Morgan fingerprint density at radius 3 is 2.61 bits per heavy atom. The number of hydrogen-bond acceptors (Lipinski definition) is 5. The van der Waals surface area contributed by atoms with Gasteiger partial charge in [-0.2, -0.15) is 10.1 Å². The van der Waals surface area contributed by atoms with Crippen LogP contribution in [0.15, 0.2) is 59.2 Å². The molecule has 23 heavy (non-hydrogen) atoms. The molecule has 3 aromatic rings. The third-order valence-electron chi connectivity index (χ3n) is 3.44. The maximum Gasteiger partial charge on any atom is 0.251 e. The smallest absolute Gasteiger partial charge is 0.251 e. The summed E-state index contributed by atoms with van der Waals surface area (Å²) in [6.07, 6.45) is 1.61. The predicted molar refractivity (Wildman–Crippen MR) is 96.5 cm³/mol. The number of nitrogens with one attached hydrogen (secondary N) is 1. The van der Waals surface area contributed by atoms with E-state index in [9.17, 15) is 0 Å². The second-order valence-corrected chi connectivity index (χ2v) is 6.04. The molecule has 0 aliphatic carbocycles. The van der Waals surface area contributed by atoms with Crippen LogP contribution in [-0.2, 0) is 0 Å². The van der Waals surface area contributed by atoms with Crippen LogP contribution in [0.3, 0.4) is 0 Å². The normalized spacial score (nSPS) is 10.4. The van der Waals surface area contributed by atoms with Gasteiger partial charge in [0.2, 0.25) is 0 Å². The molecular formula is C17H16BrN5. The number of benzene rings is 2. The highest BCUT2D eigenvalue weighted by Gasteiger charge is 2.09. The zero-order chi connectivity index (χ0) is 16.2. The predicted octanol–water partition coefficient (Wildman–Crippen LogP) is 4.45. The highest BCUT2D eigenvalue weighted by Crippen LogP contribution is 2.24. The van der Waals surface area contributed by atoms with Crippen LogP contribution in [0.1, 0.15) is 5.56 Å². The quantitative estimate of drug-likeness (QED) is 0.735. The summed E-state index contributed by atoms with van der Waals surface area (Å²) in [5.74, 6) is 1.19. The van der Waals surface area contributed by atoms with E-state index in [1.54, 1.807) is 6.20 Å². The third kappa shape index (κ3) is 3.65. The Labute approximate surface area is 143 Å². The lowest BCUT2D eigenvalue weighted by atomic mass is 10.2. The zero-order valence-corrected chi connectivity index (χ0v) is 14.4. The lowest BCUT2D eigenvalue weighted by Crippen LogP contribution is -2.14. The van der Waals surface area contributed by atoms with Crippen molar-refractivity contribution < 1.29 is 0 Å². The van der Waals surface area contributed by atoms with Gasteiger partial charge in [-0.25, -0.2) is 0 Å². The van der Waals surface area contributed by atoms with Crippen LogP contribution < -0.4 is 10.2 Å². The summed E-state index contributed by atoms with van der Waals surface area (Å²) in [5.41, 5.74) is 3.12. The average molecular weight is 370 g/mol. The van der Waals surface area contributed by atoms with E-state index in [0.717, 1.165) is 21.4 Å². The molecule has 0 saturated heterocycles. The topological polar surface area (TPSA) is 53.9 Å². The van der Waals surface area contributed by atoms with Crippen molar-refractivity contribution >= 4 is 39.1 Å². The summed E-state index contributed by atoms with van der Waals surface area (Å²) in [6, 6.07) is 16.0. The second-order valence-electron chi connectivity index (χ2n) is 5.12. The van der Waals surface area contributed by atoms with E-state index in [2.05, 4.69) is 36.4 Å². The molecule has 0 atom stereocenters. The Bertz CT molecular complexity index is 807. The van der Waals surface area contributed by atoms with Crippen LogP contribution in [0.4, 0.5) is 23.1 Å². The highest BCUT2D eigenvalue weighted by atomic mass is 79.9. The van der Waals surface area contributed by atoms with Gasteiger partial charge < -0.3 is 10.2 Å². The number of nitrogens with zero attached hydrogens (tertiary/aromatic N) is 4. The third-order valence-corrected chi connectivity index (χ3v) is 3.94. The van der Waals surface area contributed by atoms with Crippen molar-refractivity contribution in [2.75, 3.05) is 17.3 Å². The molecule has 1 aromatic heterocycles. The summed E-state index contributed by atoms with van der Waals surface area (Å²) < 4.78 is 1.05. The monoisotopic (exact) mass is 369 g/mol. The van der Waals surface area contributed by atoms with Gasteiger partial charge in [-0.05, 0) is 42.8 Å². The molecule has 0 fully saturated rings. The fraction of sp³-hybridized carbons (Fsp3) is 0.118. The van der Waals surface area contributed by atoms with Crippen LogP contribution in [-0.4, -0.2) is 22.2 Å². The zero-order valence-electron chi connectivity index (χ0n) is 12.9. The average Bonchev–Trinajstić information content (AvgIpc) is 2.58. The summed E-state index contributed by atoms with van der Waals surface area (Å²) in [4.78, 5) is 6.43. The van der Waals surface area contributed by atoms with E-state index in [-0.39, 0.29) is 0 Å². The number of halogens is 1. The van der Waals surface area contributed by atoms with Crippen molar-refractivity contribution in [2.24, 2.45) is 0 Å². The molecule has 0 saturated carbocycles. The molecule has 6 heteroatoms. The summed E-state index contributed by atoms with van der Waals surface area (Å²) in [5, 5.41) is 11.4. The van der Waals surface area contributed by atoms with Gasteiger partial charge in [0.05, 0.1) is 6.20 Å². The van der Waals surface area contributed by atoms with Gasteiger partial charge in [-0.1, -0.05) is 34.1 Å². The first-order chi connectivity index (χ1) is 11.1. The SMILES string of the molecule is Cc1cc(Br)ccc1Nc1cnnc(N(C)c2ccccc2)n1. The largest absolute Gasteiger partial charge is 0.339 e. The maximum absolute atomic E-state index is 4.54. The van der Waals surface area contributed by atoms with Crippen molar-refractivity contribution in [1.82, 2.24) is 15.2 Å². The van der Waals surface area contributed by atoms with Gasteiger partial charge in [0.25, 0.3) is 5.95 Å². The van der Waals surface area contributed by atoms with Crippen molar-refractivity contribution in [2.45, 2.75) is 6.92 Å². The van der Waals surface area contributed by atoms with E-state index in [1.165, 1.54) is 0 Å².